The van der Waals surface area contributed by atoms with E-state index in [1.807, 2.05) is 18.2 Å². The minimum atomic E-state index is 0.0887. The lowest BCUT2D eigenvalue weighted by molar-refractivity contribution is 0.130. The first-order valence-electron chi connectivity index (χ1n) is 8.96. The fourth-order valence-electron chi connectivity index (χ4n) is 3.80. The molecular formula is C21H27NO5. The van der Waals surface area contributed by atoms with Crippen molar-refractivity contribution < 1.29 is 24.1 Å². The molecule has 1 N–H and O–H groups in total. The van der Waals surface area contributed by atoms with Crippen LogP contribution in [-0.4, -0.2) is 51.6 Å². The molecule has 3 rings (SSSR count). The number of rotatable bonds is 7. The molecule has 6 nitrogen and oxygen atoms in total. The molecule has 1 aliphatic rings. The van der Waals surface area contributed by atoms with Crippen molar-refractivity contribution in [2.24, 2.45) is 0 Å². The normalized spacial score (nSPS) is 16.6. The van der Waals surface area contributed by atoms with Gasteiger partial charge >= 0.3 is 0 Å². The predicted octanol–water partition coefficient (Wildman–Crippen LogP) is 2.81. The van der Waals surface area contributed by atoms with Crippen LogP contribution in [-0.2, 0) is 13.0 Å². The van der Waals surface area contributed by atoms with Crippen molar-refractivity contribution in [3.8, 4) is 23.0 Å². The summed E-state index contributed by atoms with van der Waals surface area (Å²) in [5, 5.41) is 9.60. The summed E-state index contributed by atoms with van der Waals surface area (Å²) < 4.78 is 21.9. The van der Waals surface area contributed by atoms with E-state index in [-0.39, 0.29) is 12.6 Å². The quantitative estimate of drug-likeness (QED) is 0.805. The van der Waals surface area contributed by atoms with E-state index in [2.05, 4.69) is 17.0 Å². The number of benzene rings is 2. The Morgan fingerprint density at radius 2 is 1.63 bits per heavy atom. The van der Waals surface area contributed by atoms with Crippen LogP contribution in [0.5, 0.6) is 23.0 Å². The van der Waals surface area contributed by atoms with Crippen LogP contribution >= 0.6 is 0 Å². The molecule has 0 fully saturated rings. The summed E-state index contributed by atoms with van der Waals surface area (Å²) in [6.07, 6.45) is 0.811. The fraction of sp³-hybridized carbons (Fsp3) is 0.429. The third-order valence-corrected chi connectivity index (χ3v) is 5.14. The van der Waals surface area contributed by atoms with E-state index in [1.54, 1.807) is 28.4 Å². The van der Waals surface area contributed by atoms with E-state index < -0.39 is 0 Å². The minimum absolute atomic E-state index is 0.0887. The van der Waals surface area contributed by atoms with Crippen LogP contribution in [0.4, 0.5) is 0 Å². The lowest BCUT2D eigenvalue weighted by Gasteiger charge is -2.38. The van der Waals surface area contributed by atoms with Crippen LogP contribution in [0.2, 0.25) is 0 Å². The number of hydrogen-bond acceptors (Lipinski definition) is 6. The van der Waals surface area contributed by atoms with E-state index >= 15 is 0 Å². The molecule has 2 aromatic carbocycles. The molecule has 0 saturated heterocycles. The maximum Gasteiger partial charge on any atom is 0.165 e. The molecule has 1 atom stereocenters. The number of fused-ring (bicyclic) bond motifs is 1. The number of aliphatic hydroxyl groups is 1. The number of aliphatic hydroxyl groups excluding tert-OH is 1. The highest BCUT2D eigenvalue weighted by Gasteiger charge is 2.30. The summed E-state index contributed by atoms with van der Waals surface area (Å²) in [6.45, 7) is 1.33. The smallest absolute Gasteiger partial charge is 0.165 e. The molecule has 0 spiro atoms. The van der Waals surface area contributed by atoms with Crippen molar-refractivity contribution in [2.45, 2.75) is 19.0 Å². The summed E-state index contributed by atoms with van der Waals surface area (Å²) in [5.41, 5.74) is 3.46. The average Bonchev–Trinajstić information content (AvgIpc) is 2.72. The largest absolute Gasteiger partial charge is 0.493 e. The standard InChI is InChI=1S/C21H27NO5/c1-24-18-7-6-15(12-20(18)26-3)17-11-14-5-8-19(25-2)21(27-4)16(14)13-22(17)9-10-23/h5-8,12,17,23H,9-11,13H2,1-4H3/t17-/m0/s1. The molecule has 146 valence electrons. The van der Waals surface area contributed by atoms with Gasteiger partial charge in [0.2, 0.25) is 0 Å². The van der Waals surface area contributed by atoms with Crippen LogP contribution in [0.25, 0.3) is 0 Å². The van der Waals surface area contributed by atoms with Crippen LogP contribution in [0.15, 0.2) is 30.3 Å². The average molecular weight is 373 g/mol. The first kappa shape index (κ1) is 19.3. The monoisotopic (exact) mass is 373 g/mol. The van der Waals surface area contributed by atoms with Crippen molar-refractivity contribution in [1.29, 1.82) is 0 Å². The molecule has 0 aliphatic carbocycles. The van der Waals surface area contributed by atoms with Gasteiger partial charge in [-0.05, 0) is 35.7 Å². The van der Waals surface area contributed by atoms with Crippen LogP contribution in [0, 0.1) is 0 Å². The molecule has 0 amide bonds. The molecule has 0 unspecified atom stereocenters. The third-order valence-electron chi connectivity index (χ3n) is 5.14. The van der Waals surface area contributed by atoms with Crippen LogP contribution < -0.4 is 18.9 Å². The Kier molecular flexibility index (Phi) is 6.08. The molecule has 0 bridgehead atoms. The summed E-state index contributed by atoms with van der Waals surface area (Å²) in [7, 11) is 6.58. The second kappa shape index (κ2) is 8.50. The Balaban J connectivity index is 2.02. The van der Waals surface area contributed by atoms with Gasteiger partial charge in [0.1, 0.15) is 0 Å². The zero-order chi connectivity index (χ0) is 19.4. The number of hydrogen-bond donors (Lipinski definition) is 1. The topological polar surface area (TPSA) is 60.4 Å². The highest BCUT2D eigenvalue weighted by Crippen LogP contribution is 2.42. The Morgan fingerprint density at radius 1 is 0.926 bits per heavy atom. The summed E-state index contributed by atoms with van der Waals surface area (Å²) in [5.74, 6) is 2.91. The lowest BCUT2D eigenvalue weighted by Crippen LogP contribution is -2.36. The van der Waals surface area contributed by atoms with E-state index in [1.165, 1.54) is 5.56 Å². The zero-order valence-corrected chi connectivity index (χ0v) is 16.3. The first-order valence-corrected chi connectivity index (χ1v) is 8.96. The van der Waals surface area contributed by atoms with Crippen molar-refractivity contribution >= 4 is 0 Å². The number of nitrogens with zero attached hydrogens (tertiary/aromatic N) is 1. The highest BCUT2D eigenvalue weighted by molar-refractivity contribution is 5.53. The van der Waals surface area contributed by atoms with Crippen molar-refractivity contribution in [3.05, 3.63) is 47.0 Å². The molecule has 27 heavy (non-hydrogen) atoms. The fourth-order valence-corrected chi connectivity index (χ4v) is 3.80. The second-order valence-electron chi connectivity index (χ2n) is 6.47. The summed E-state index contributed by atoms with van der Waals surface area (Å²) >= 11 is 0. The van der Waals surface area contributed by atoms with Crippen LogP contribution in [0.3, 0.4) is 0 Å². The van der Waals surface area contributed by atoms with Crippen LogP contribution in [0.1, 0.15) is 22.7 Å². The minimum Gasteiger partial charge on any atom is -0.493 e. The highest BCUT2D eigenvalue weighted by atomic mass is 16.5. The van der Waals surface area contributed by atoms with E-state index in [0.29, 0.717) is 24.6 Å². The van der Waals surface area contributed by atoms with E-state index in [9.17, 15) is 5.11 Å². The summed E-state index contributed by atoms with van der Waals surface area (Å²) in [6, 6.07) is 10.2. The molecule has 0 saturated carbocycles. The SMILES string of the molecule is COc1ccc([C@@H]2Cc3ccc(OC)c(OC)c3CN2CCO)cc1OC. The van der Waals surface area contributed by atoms with E-state index in [4.69, 9.17) is 18.9 Å². The van der Waals surface area contributed by atoms with Gasteiger partial charge in [-0.1, -0.05) is 12.1 Å². The van der Waals surface area contributed by atoms with Gasteiger partial charge in [-0.25, -0.2) is 0 Å². The zero-order valence-electron chi connectivity index (χ0n) is 16.3. The maximum atomic E-state index is 9.60. The number of ether oxygens (including phenoxy) is 4. The molecule has 0 radical (unpaired) electrons. The maximum absolute atomic E-state index is 9.60. The molecule has 2 aromatic rings. The molecule has 0 aromatic heterocycles. The Bertz CT molecular complexity index is 792. The number of β-amino-alcohol motifs (C(OH)–C–C–N with tert-alkyl or cyclic N) is 1. The molecule has 1 aliphatic heterocycles. The van der Waals surface area contributed by atoms with Crippen molar-refractivity contribution in [1.82, 2.24) is 4.90 Å². The lowest BCUT2D eigenvalue weighted by atomic mass is 9.89. The van der Waals surface area contributed by atoms with E-state index in [0.717, 1.165) is 29.0 Å². The van der Waals surface area contributed by atoms with Crippen molar-refractivity contribution in [3.63, 3.8) is 0 Å². The van der Waals surface area contributed by atoms with Gasteiger partial charge in [0.05, 0.1) is 35.0 Å². The predicted molar refractivity (Wildman–Crippen MR) is 103 cm³/mol. The van der Waals surface area contributed by atoms with Gasteiger partial charge in [-0.3, -0.25) is 4.90 Å². The molecule has 1 heterocycles. The Labute approximate surface area is 160 Å². The van der Waals surface area contributed by atoms with Crippen molar-refractivity contribution in [2.75, 3.05) is 41.6 Å². The van der Waals surface area contributed by atoms with Gasteiger partial charge in [-0.15, -0.1) is 0 Å². The molecular weight excluding hydrogens is 346 g/mol. The van der Waals surface area contributed by atoms with Gasteiger partial charge in [0, 0.05) is 24.7 Å². The van der Waals surface area contributed by atoms with Gasteiger partial charge in [-0.2, -0.15) is 0 Å². The second-order valence-corrected chi connectivity index (χ2v) is 6.47. The Hall–Kier alpha value is -2.44. The number of methoxy groups -OCH3 is 4. The van der Waals surface area contributed by atoms with Gasteiger partial charge < -0.3 is 24.1 Å². The Morgan fingerprint density at radius 3 is 2.26 bits per heavy atom. The first-order chi connectivity index (χ1) is 13.2. The third kappa shape index (κ3) is 3.68. The van der Waals surface area contributed by atoms with Gasteiger partial charge in [0.15, 0.2) is 23.0 Å². The summed E-state index contributed by atoms with van der Waals surface area (Å²) in [4.78, 5) is 2.26. The molecule has 6 heteroatoms. The van der Waals surface area contributed by atoms with Gasteiger partial charge in [0.25, 0.3) is 0 Å².